The van der Waals surface area contributed by atoms with Crippen LogP contribution in [-0.2, 0) is 6.54 Å². The number of carbonyl (C=O) groups excluding carboxylic acids is 1. The number of nitrogens with one attached hydrogen (secondary N) is 1. The van der Waals surface area contributed by atoms with Gasteiger partial charge >= 0.3 is 6.03 Å². The Morgan fingerprint density at radius 3 is 2.46 bits per heavy atom. The second-order valence-electron chi connectivity index (χ2n) is 6.49. The van der Waals surface area contributed by atoms with Crippen LogP contribution in [0.2, 0.25) is 0 Å². The molecule has 130 valence electrons. The van der Waals surface area contributed by atoms with Gasteiger partial charge in [-0.2, -0.15) is 0 Å². The Hall–Kier alpha value is -2.01. The van der Waals surface area contributed by atoms with Gasteiger partial charge in [-0.1, -0.05) is 18.2 Å². The third-order valence-corrected chi connectivity index (χ3v) is 5.09. The predicted octanol–water partition coefficient (Wildman–Crippen LogP) is 3.06. The summed E-state index contributed by atoms with van der Waals surface area (Å²) in [6.45, 7) is 12.2. The fourth-order valence-corrected chi connectivity index (χ4v) is 3.55. The van der Waals surface area contributed by atoms with E-state index in [1.165, 1.54) is 22.2 Å². The molecule has 0 atom stereocenters. The van der Waals surface area contributed by atoms with Crippen molar-refractivity contribution in [1.82, 2.24) is 19.7 Å². The molecule has 1 N–H and O–H groups in total. The molecule has 2 amide bonds. The van der Waals surface area contributed by atoms with E-state index in [0.717, 1.165) is 45.8 Å². The van der Waals surface area contributed by atoms with Gasteiger partial charge in [0.25, 0.3) is 0 Å². The average Bonchev–Trinajstić information content (AvgIpc) is 2.92. The maximum Gasteiger partial charge on any atom is 0.320 e. The summed E-state index contributed by atoms with van der Waals surface area (Å²) in [5, 5.41) is 1.32. The van der Waals surface area contributed by atoms with Crippen molar-refractivity contribution < 1.29 is 4.79 Å². The summed E-state index contributed by atoms with van der Waals surface area (Å²) >= 11 is 0. The molecule has 1 aromatic carbocycles. The number of piperazine rings is 1. The van der Waals surface area contributed by atoms with E-state index in [2.05, 4.69) is 41.1 Å². The molecule has 1 aliphatic heterocycles. The summed E-state index contributed by atoms with van der Waals surface area (Å²) in [5.74, 6) is 0. The summed E-state index contributed by atoms with van der Waals surface area (Å²) in [7, 11) is 0. The van der Waals surface area contributed by atoms with Crippen molar-refractivity contribution in [1.29, 1.82) is 0 Å². The zero-order valence-corrected chi connectivity index (χ0v) is 15.0. The molecular weight excluding hydrogens is 300 g/mol. The Bertz CT molecular complexity index is 696. The molecule has 0 radical (unpaired) electrons. The third kappa shape index (κ3) is 3.26. The molecule has 0 unspecified atom stereocenters. The monoisotopic (exact) mass is 328 g/mol. The van der Waals surface area contributed by atoms with Crippen LogP contribution in [-0.4, -0.2) is 65.0 Å². The first-order valence-electron chi connectivity index (χ1n) is 8.96. The number of rotatable bonds is 4. The number of hydrogen-bond acceptors (Lipinski definition) is 2. The van der Waals surface area contributed by atoms with E-state index in [4.69, 9.17) is 0 Å². The van der Waals surface area contributed by atoms with Gasteiger partial charge in [-0.25, -0.2) is 4.79 Å². The highest BCUT2D eigenvalue weighted by molar-refractivity contribution is 5.84. The lowest BCUT2D eigenvalue weighted by Crippen LogP contribution is -2.52. The number of H-pyrrole nitrogens is 1. The van der Waals surface area contributed by atoms with Crippen LogP contribution in [0, 0.1) is 6.92 Å². The second kappa shape index (κ2) is 7.26. The number of nitrogens with zero attached hydrogens (tertiary/aromatic N) is 3. The molecule has 2 aromatic rings. The Kier molecular flexibility index (Phi) is 5.09. The molecule has 1 saturated heterocycles. The van der Waals surface area contributed by atoms with E-state index >= 15 is 0 Å². The minimum Gasteiger partial charge on any atom is -0.358 e. The number of fused-ring (bicyclic) bond motifs is 1. The van der Waals surface area contributed by atoms with Gasteiger partial charge in [-0.3, -0.25) is 4.90 Å². The first-order chi connectivity index (χ1) is 11.6. The van der Waals surface area contributed by atoms with Crippen molar-refractivity contribution in [2.24, 2.45) is 0 Å². The molecule has 3 rings (SSSR count). The molecule has 1 aromatic heterocycles. The molecule has 5 nitrogen and oxygen atoms in total. The van der Waals surface area contributed by atoms with Gasteiger partial charge in [0.2, 0.25) is 0 Å². The molecule has 0 aliphatic carbocycles. The van der Waals surface area contributed by atoms with E-state index in [1.807, 2.05) is 23.6 Å². The van der Waals surface area contributed by atoms with E-state index < -0.39 is 0 Å². The summed E-state index contributed by atoms with van der Waals surface area (Å²) < 4.78 is 0. The van der Waals surface area contributed by atoms with Gasteiger partial charge < -0.3 is 14.8 Å². The Labute approximate surface area is 144 Å². The highest BCUT2D eigenvalue weighted by Gasteiger charge is 2.24. The van der Waals surface area contributed by atoms with Crippen molar-refractivity contribution in [2.45, 2.75) is 27.3 Å². The lowest BCUT2D eigenvalue weighted by molar-refractivity contribution is 0.112. The largest absolute Gasteiger partial charge is 0.358 e. The smallest absolute Gasteiger partial charge is 0.320 e. The fourth-order valence-electron chi connectivity index (χ4n) is 3.55. The van der Waals surface area contributed by atoms with Gasteiger partial charge in [0.15, 0.2) is 0 Å². The van der Waals surface area contributed by atoms with Crippen LogP contribution < -0.4 is 0 Å². The number of benzene rings is 1. The molecule has 0 bridgehead atoms. The van der Waals surface area contributed by atoms with E-state index in [0.29, 0.717) is 0 Å². The number of amides is 2. The number of hydrogen-bond donors (Lipinski definition) is 1. The van der Waals surface area contributed by atoms with E-state index in [1.54, 1.807) is 0 Å². The Balaban J connectivity index is 1.63. The molecule has 5 heteroatoms. The molecular formula is C19H28N4O. The zero-order valence-electron chi connectivity index (χ0n) is 15.0. The van der Waals surface area contributed by atoms with Gasteiger partial charge in [-0.15, -0.1) is 0 Å². The van der Waals surface area contributed by atoms with Crippen LogP contribution in [0.5, 0.6) is 0 Å². The summed E-state index contributed by atoms with van der Waals surface area (Å²) in [6, 6.07) is 8.67. The van der Waals surface area contributed by atoms with Gasteiger partial charge in [0, 0.05) is 62.4 Å². The molecule has 1 fully saturated rings. The lowest BCUT2D eigenvalue weighted by atomic mass is 10.1. The van der Waals surface area contributed by atoms with Crippen molar-refractivity contribution in [3.8, 4) is 0 Å². The van der Waals surface area contributed by atoms with Gasteiger partial charge in [0.1, 0.15) is 0 Å². The predicted molar refractivity (Wildman–Crippen MR) is 98.2 cm³/mol. The highest BCUT2D eigenvalue weighted by atomic mass is 16.2. The quantitative estimate of drug-likeness (QED) is 0.937. The number of aromatic nitrogens is 1. The Morgan fingerprint density at radius 1 is 1.12 bits per heavy atom. The van der Waals surface area contributed by atoms with Gasteiger partial charge in [-0.05, 0) is 32.4 Å². The molecule has 2 heterocycles. The maximum absolute atomic E-state index is 12.4. The zero-order chi connectivity index (χ0) is 17.1. The van der Waals surface area contributed by atoms with Crippen LogP contribution in [0.1, 0.15) is 25.1 Å². The van der Waals surface area contributed by atoms with Gasteiger partial charge in [0.05, 0.1) is 0 Å². The number of aromatic amines is 1. The van der Waals surface area contributed by atoms with Crippen molar-refractivity contribution >= 4 is 16.9 Å². The van der Waals surface area contributed by atoms with Crippen molar-refractivity contribution in [3.05, 3.63) is 35.5 Å². The average molecular weight is 328 g/mol. The maximum atomic E-state index is 12.4. The summed E-state index contributed by atoms with van der Waals surface area (Å²) in [4.78, 5) is 22.3. The molecule has 0 saturated carbocycles. The molecule has 0 spiro atoms. The van der Waals surface area contributed by atoms with Crippen molar-refractivity contribution in [2.75, 3.05) is 39.3 Å². The highest BCUT2D eigenvalue weighted by Crippen LogP contribution is 2.23. The van der Waals surface area contributed by atoms with E-state index in [-0.39, 0.29) is 6.03 Å². The SMILES string of the molecule is CCN(CC)C(=O)N1CCN(Cc2c(C)[nH]c3ccccc23)CC1. The molecule has 1 aliphatic rings. The second-order valence-corrected chi connectivity index (χ2v) is 6.49. The topological polar surface area (TPSA) is 42.6 Å². The third-order valence-electron chi connectivity index (χ3n) is 5.09. The van der Waals surface area contributed by atoms with Crippen LogP contribution in [0.25, 0.3) is 10.9 Å². The number of aryl methyl sites for hydroxylation is 1. The number of carbonyl (C=O) groups is 1. The lowest BCUT2D eigenvalue weighted by Gasteiger charge is -2.37. The standard InChI is InChI=1S/C19H28N4O/c1-4-22(5-2)19(24)23-12-10-21(11-13-23)14-17-15(3)20-18-9-7-6-8-16(17)18/h6-9,20H,4-5,10-14H2,1-3H3. The minimum atomic E-state index is 0.183. The Morgan fingerprint density at radius 2 is 1.79 bits per heavy atom. The first-order valence-corrected chi connectivity index (χ1v) is 8.96. The number of urea groups is 1. The van der Waals surface area contributed by atoms with Crippen LogP contribution >= 0.6 is 0 Å². The summed E-state index contributed by atoms with van der Waals surface area (Å²) in [5.41, 5.74) is 3.84. The fraction of sp³-hybridized carbons (Fsp3) is 0.526. The molecule has 24 heavy (non-hydrogen) atoms. The van der Waals surface area contributed by atoms with Crippen LogP contribution in [0.15, 0.2) is 24.3 Å². The normalized spacial score (nSPS) is 15.9. The minimum absolute atomic E-state index is 0.183. The van der Waals surface area contributed by atoms with Crippen LogP contribution in [0.3, 0.4) is 0 Å². The first kappa shape index (κ1) is 16.8. The van der Waals surface area contributed by atoms with Crippen LogP contribution in [0.4, 0.5) is 4.79 Å². The number of para-hydroxylation sites is 1. The van der Waals surface area contributed by atoms with Crippen molar-refractivity contribution in [3.63, 3.8) is 0 Å². The summed E-state index contributed by atoms with van der Waals surface area (Å²) in [6.07, 6.45) is 0. The van der Waals surface area contributed by atoms with E-state index in [9.17, 15) is 4.79 Å².